The summed E-state index contributed by atoms with van der Waals surface area (Å²) in [5, 5.41) is 9.74. The number of rotatable bonds is 4. The van der Waals surface area contributed by atoms with Gasteiger partial charge in [-0.15, -0.1) is 0 Å². The molecule has 1 aliphatic heterocycles. The van der Waals surface area contributed by atoms with E-state index in [1.54, 1.807) is 18.2 Å². The predicted molar refractivity (Wildman–Crippen MR) is 58.7 cm³/mol. The quantitative estimate of drug-likeness (QED) is 0.628. The Morgan fingerprint density at radius 1 is 1.53 bits per heavy atom. The summed E-state index contributed by atoms with van der Waals surface area (Å²) in [6.07, 6.45) is 0.106. The minimum absolute atomic E-state index is 0.0699. The van der Waals surface area contributed by atoms with Crippen molar-refractivity contribution >= 4 is 5.97 Å². The molecule has 1 unspecified atom stereocenters. The van der Waals surface area contributed by atoms with Crippen LogP contribution in [0.4, 0.5) is 0 Å². The van der Waals surface area contributed by atoms with Gasteiger partial charge in [0, 0.05) is 0 Å². The van der Waals surface area contributed by atoms with Crippen molar-refractivity contribution in [1.29, 1.82) is 0 Å². The van der Waals surface area contributed by atoms with Gasteiger partial charge in [0.15, 0.2) is 17.6 Å². The van der Waals surface area contributed by atoms with Gasteiger partial charge in [0.05, 0.1) is 0 Å². The van der Waals surface area contributed by atoms with Gasteiger partial charge in [0.1, 0.15) is 6.61 Å². The van der Waals surface area contributed by atoms with Gasteiger partial charge in [0.25, 0.3) is 0 Å². The zero-order chi connectivity index (χ0) is 12.3. The fourth-order valence-corrected chi connectivity index (χ4v) is 1.44. The lowest BCUT2D eigenvalue weighted by molar-refractivity contribution is -0.152. The van der Waals surface area contributed by atoms with Crippen LogP contribution in [0.3, 0.4) is 0 Å². The summed E-state index contributed by atoms with van der Waals surface area (Å²) in [4.78, 5) is 11.4. The van der Waals surface area contributed by atoms with Gasteiger partial charge in [-0.25, -0.2) is 4.79 Å². The summed E-state index contributed by atoms with van der Waals surface area (Å²) in [6, 6.07) is 4.79. The molecule has 0 amide bonds. The maximum atomic E-state index is 11.4. The van der Waals surface area contributed by atoms with Gasteiger partial charge in [-0.05, 0) is 17.7 Å². The van der Waals surface area contributed by atoms with Crippen molar-refractivity contribution in [1.82, 2.24) is 0 Å². The summed E-state index contributed by atoms with van der Waals surface area (Å²) in [5.41, 5.74) is 0.406. The third-order valence-corrected chi connectivity index (χ3v) is 2.28. The lowest BCUT2D eigenvalue weighted by Gasteiger charge is -2.10. The fourth-order valence-electron chi connectivity index (χ4n) is 1.44. The van der Waals surface area contributed by atoms with Crippen molar-refractivity contribution in [2.75, 3.05) is 13.4 Å². The van der Waals surface area contributed by atoms with Crippen molar-refractivity contribution in [2.24, 2.45) is 0 Å². The van der Waals surface area contributed by atoms with Gasteiger partial charge in [0.2, 0.25) is 6.79 Å². The first-order valence-corrected chi connectivity index (χ1v) is 5.07. The molecule has 0 spiro atoms. The molecule has 0 aromatic heterocycles. The van der Waals surface area contributed by atoms with Crippen molar-refractivity contribution in [2.45, 2.75) is 6.10 Å². The van der Waals surface area contributed by atoms with E-state index in [-0.39, 0.29) is 13.4 Å². The number of fused-ring (bicyclic) bond motifs is 1. The normalized spacial score (nSPS) is 14.2. The van der Waals surface area contributed by atoms with Crippen molar-refractivity contribution in [3.63, 3.8) is 0 Å². The van der Waals surface area contributed by atoms with Crippen molar-refractivity contribution in [3.8, 4) is 11.5 Å². The lowest BCUT2D eigenvalue weighted by atomic mass is 10.1. The molecule has 17 heavy (non-hydrogen) atoms. The summed E-state index contributed by atoms with van der Waals surface area (Å²) < 4.78 is 15.0. The molecule has 0 bridgehead atoms. The molecular weight excluding hydrogens is 224 g/mol. The van der Waals surface area contributed by atoms with E-state index in [1.165, 1.54) is 6.08 Å². The highest BCUT2D eigenvalue weighted by Gasteiger charge is 2.22. The Labute approximate surface area is 98.2 Å². The molecule has 90 valence electrons. The van der Waals surface area contributed by atoms with E-state index in [0.29, 0.717) is 17.1 Å². The smallest absolute Gasteiger partial charge is 0.339 e. The van der Waals surface area contributed by atoms with Crippen LogP contribution in [-0.4, -0.2) is 24.5 Å². The Morgan fingerprint density at radius 2 is 2.29 bits per heavy atom. The predicted octanol–water partition coefficient (Wildman–Crippen LogP) is 1.18. The maximum Gasteiger partial charge on any atom is 0.339 e. The van der Waals surface area contributed by atoms with E-state index in [2.05, 4.69) is 6.58 Å². The van der Waals surface area contributed by atoms with Crippen LogP contribution in [0.5, 0.6) is 11.5 Å². The molecule has 1 aromatic carbocycles. The minimum Gasteiger partial charge on any atom is -0.459 e. The standard InChI is InChI=1S/C12H12O5/c1-2-5-15-12(14)11(13)8-3-4-9-10(6-8)17-7-16-9/h2-4,6,11,13H,1,5,7H2. The lowest BCUT2D eigenvalue weighted by Crippen LogP contribution is -2.15. The number of carbonyl (C=O) groups is 1. The zero-order valence-electron chi connectivity index (χ0n) is 9.09. The minimum atomic E-state index is -1.33. The maximum absolute atomic E-state index is 11.4. The van der Waals surface area contributed by atoms with Crippen LogP contribution in [-0.2, 0) is 9.53 Å². The monoisotopic (exact) mass is 236 g/mol. The summed E-state index contributed by atoms with van der Waals surface area (Å²) in [5.74, 6) is 0.391. The number of hydrogen-bond donors (Lipinski definition) is 1. The Hall–Kier alpha value is -2.01. The van der Waals surface area contributed by atoms with E-state index in [1.807, 2.05) is 0 Å². The molecule has 5 nitrogen and oxygen atoms in total. The molecule has 5 heteroatoms. The molecule has 0 saturated heterocycles. The molecule has 1 aromatic rings. The number of benzene rings is 1. The van der Waals surface area contributed by atoms with Crippen LogP contribution < -0.4 is 9.47 Å². The molecule has 0 fully saturated rings. The second-order valence-corrected chi connectivity index (χ2v) is 3.43. The highest BCUT2D eigenvalue weighted by Crippen LogP contribution is 2.34. The first-order chi connectivity index (χ1) is 8.22. The van der Waals surface area contributed by atoms with E-state index in [0.717, 1.165) is 0 Å². The molecule has 0 radical (unpaired) electrons. The first kappa shape index (κ1) is 11.5. The van der Waals surface area contributed by atoms with E-state index in [9.17, 15) is 9.90 Å². The molecule has 0 saturated carbocycles. The third-order valence-electron chi connectivity index (χ3n) is 2.28. The molecule has 1 atom stereocenters. The number of hydrogen-bond acceptors (Lipinski definition) is 5. The van der Waals surface area contributed by atoms with Crippen LogP contribution in [0.2, 0.25) is 0 Å². The first-order valence-electron chi connectivity index (χ1n) is 5.07. The fraction of sp³-hybridized carbons (Fsp3) is 0.250. The topological polar surface area (TPSA) is 65.0 Å². The summed E-state index contributed by atoms with van der Waals surface area (Å²) in [6.45, 7) is 3.64. The van der Waals surface area contributed by atoms with E-state index in [4.69, 9.17) is 14.2 Å². The molecule has 0 aliphatic carbocycles. The summed E-state index contributed by atoms with van der Waals surface area (Å²) in [7, 11) is 0. The number of aliphatic hydroxyl groups is 1. The highest BCUT2D eigenvalue weighted by atomic mass is 16.7. The van der Waals surface area contributed by atoms with Gasteiger partial charge >= 0.3 is 5.97 Å². The number of esters is 1. The second kappa shape index (κ2) is 4.88. The molecule has 1 N–H and O–H groups in total. The van der Waals surface area contributed by atoms with Gasteiger partial charge in [-0.2, -0.15) is 0 Å². The Balaban J connectivity index is 2.11. The zero-order valence-corrected chi connectivity index (χ0v) is 9.09. The van der Waals surface area contributed by atoms with Crippen LogP contribution in [0.1, 0.15) is 11.7 Å². The van der Waals surface area contributed by atoms with E-state index >= 15 is 0 Å². The average Bonchev–Trinajstić information content (AvgIpc) is 2.81. The SMILES string of the molecule is C=CCOC(=O)C(O)c1ccc2c(c1)OCO2. The summed E-state index contributed by atoms with van der Waals surface area (Å²) >= 11 is 0. The van der Waals surface area contributed by atoms with Crippen LogP contribution in [0.25, 0.3) is 0 Å². The molecular formula is C12H12O5. The van der Waals surface area contributed by atoms with Crippen LogP contribution >= 0.6 is 0 Å². The van der Waals surface area contributed by atoms with Crippen molar-refractivity contribution < 1.29 is 24.1 Å². The van der Waals surface area contributed by atoms with Crippen LogP contribution in [0.15, 0.2) is 30.9 Å². The molecule has 1 heterocycles. The molecule has 1 aliphatic rings. The highest BCUT2D eigenvalue weighted by molar-refractivity contribution is 5.76. The molecule has 2 rings (SSSR count). The Bertz CT molecular complexity index is 441. The third kappa shape index (κ3) is 2.39. The average molecular weight is 236 g/mol. The van der Waals surface area contributed by atoms with E-state index < -0.39 is 12.1 Å². The van der Waals surface area contributed by atoms with Gasteiger partial charge < -0.3 is 19.3 Å². The largest absolute Gasteiger partial charge is 0.459 e. The van der Waals surface area contributed by atoms with Crippen molar-refractivity contribution in [3.05, 3.63) is 36.4 Å². The Kier molecular flexibility index (Phi) is 3.30. The van der Waals surface area contributed by atoms with Crippen LogP contribution in [0, 0.1) is 0 Å². The number of carbonyl (C=O) groups excluding carboxylic acids is 1. The Morgan fingerprint density at radius 3 is 3.06 bits per heavy atom. The number of ether oxygens (including phenoxy) is 3. The van der Waals surface area contributed by atoms with Gasteiger partial charge in [-0.3, -0.25) is 0 Å². The number of aliphatic hydroxyl groups excluding tert-OH is 1. The second-order valence-electron chi connectivity index (χ2n) is 3.43. The van der Waals surface area contributed by atoms with Gasteiger partial charge in [-0.1, -0.05) is 18.7 Å².